The second-order valence-electron chi connectivity index (χ2n) is 10.1. The number of rotatable bonds is 11. The zero-order chi connectivity index (χ0) is 29.9. The van der Waals surface area contributed by atoms with Gasteiger partial charge >= 0.3 is 0 Å². The minimum absolute atomic E-state index is 0.126. The van der Waals surface area contributed by atoms with Gasteiger partial charge in [0.15, 0.2) is 6.61 Å². The first-order chi connectivity index (χ1) is 21.1. The largest absolute Gasteiger partial charge is 0.497 e. The van der Waals surface area contributed by atoms with E-state index in [0.29, 0.717) is 22.7 Å². The second kappa shape index (κ2) is 14.7. The summed E-state index contributed by atoms with van der Waals surface area (Å²) < 4.78 is 10.7. The number of nitrogens with one attached hydrogen (secondary N) is 2. The third-order valence-corrected chi connectivity index (χ3v) is 7.12. The van der Waals surface area contributed by atoms with Gasteiger partial charge in [0.25, 0.3) is 11.8 Å². The summed E-state index contributed by atoms with van der Waals surface area (Å²) in [5, 5.41) is 6.85. The van der Waals surface area contributed by atoms with E-state index in [1.165, 1.54) is 11.3 Å². The van der Waals surface area contributed by atoms with E-state index in [1.807, 2.05) is 30.3 Å². The third kappa shape index (κ3) is 8.67. The van der Waals surface area contributed by atoms with Crippen LogP contribution in [0.4, 0.5) is 11.4 Å². The molecule has 0 aromatic heterocycles. The van der Waals surface area contributed by atoms with Crippen LogP contribution in [0.1, 0.15) is 21.5 Å². The molecular weight excluding hydrogens is 542 g/mol. The Balaban J connectivity index is 1.02. The molecule has 9 nitrogen and oxygen atoms in total. The Kier molecular flexibility index (Phi) is 10.0. The molecule has 0 spiro atoms. The normalized spacial score (nSPS) is 13.5. The average Bonchev–Trinajstić information content (AvgIpc) is 3.06. The third-order valence-electron chi connectivity index (χ3n) is 7.12. The first-order valence-corrected chi connectivity index (χ1v) is 14.2. The lowest BCUT2D eigenvalue weighted by Gasteiger charge is -2.36. The average molecular weight is 578 g/mol. The van der Waals surface area contributed by atoms with Crippen molar-refractivity contribution in [3.05, 3.63) is 120 Å². The van der Waals surface area contributed by atoms with E-state index >= 15 is 0 Å². The number of anilines is 2. The minimum Gasteiger partial charge on any atom is -0.497 e. The highest BCUT2D eigenvalue weighted by Crippen LogP contribution is 2.18. The highest BCUT2D eigenvalue weighted by atomic mass is 16.5. The van der Waals surface area contributed by atoms with Gasteiger partial charge < -0.3 is 19.7 Å². The van der Waals surface area contributed by atoms with Crippen LogP contribution >= 0.6 is 0 Å². The predicted octanol–water partition coefficient (Wildman–Crippen LogP) is 4.80. The zero-order valence-corrected chi connectivity index (χ0v) is 24.1. The lowest BCUT2D eigenvalue weighted by Crippen LogP contribution is -2.45. The number of methoxy groups -OCH3 is 1. The van der Waals surface area contributed by atoms with Crippen LogP contribution in [0, 0.1) is 0 Å². The van der Waals surface area contributed by atoms with E-state index in [4.69, 9.17) is 9.47 Å². The molecule has 0 radical (unpaired) electrons. The van der Waals surface area contributed by atoms with E-state index in [0.717, 1.165) is 38.3 Å². The van der Waals surface area contributed by atoms with Gasteiger partial charge in [-0.2, -0.15) is 5.10 Å². The van der Waals surface area contributed by atoms with Crippen LogP contribution in [0.3, 0.4) is 0 Å². The van der Waals surface area contributed by atoms with Gasteiger partial charge in [-0.1, -0.05) is 30.3 Å². The maximum atomic E-state index is 12.6. The Morgan fingerprint density at radius 1 is 0.814 bits per heavy atom. The van der Waals surface area contributed by atoms with Crippen molar-refractivity contribution in [3.8, 4) is 11.5 Å². The summed E-state index contributed by atoms with van der Waals surface area (Å²) in [5.41, 5.74) is 7.01. The van der Waals surface area contributed by atoms with Crippen LogP contribution in [-0.2, 0) is 11.3 Å². The van der Waals surface area contributed by atoms with E-state index in [1.54, 1.807) is 61.9 Å². The molecule has 1 heterocycles. The Labute approximate surface area is 251 Å². The molecule has 2 amide bonds. The summed E-state index contributed by atoms with van der Waals surface area (Å²) in [7, 11) is 1.59. The molecule has 1 fully saturated rings. The highest BCUT2D eigenvalue weighted by Gasteiger charge is 2.17. The zero-order valence-electron chi connectivity index (χ0n) is 24.1. The van der Waals surface area contributed by atoms with Gasteiger partial charge in [-0.05, 0) is 83.9 Å². The first kappa shape index (κ1) is 29.3. The number of hydrogen-bond acceptors (Lipinski definition) is 7. The number of para-hydroxylation sites is 1. The molecule has 0 aliphatic carbocycles. The lowest BCUT2D eigenvalue weighted by atomic mass is 10.1. The molecule has 0 saturated carbocycles. The standard InChI is InChI=1S/C34H35N5O4/c1-42-31-17-13-29(14-18-31)36-33(40)25-43-32-15-9-26(10-16-32)23-35-37-34(41)28-11-7-27(8-12-28)24-38-19-21-39(22-20-38)30-5-3-2-4-6-30/h2-18,23H,19-22,24-25H2,1H3,(H,36,40)(H,37,41)/b35-23+. The maximum absolute atomic E-state index is 12.6. The molecule has 1 saturated heterocycles. The van der Waals surface area contributed by atoms with Crippen molar-refractivity contribution in [1.29, 1.82) is 0 Å². The Hall–Kier alpha value is -5.15. The van der Waals surface area contributed by atoms with Crippen LogP contribution in [0.25, 0.3) is 0 Å². The molecule has 4 aromatic carbocycles. The van der Waals surface area contributed by atoms with Gasteiger partial charge in [0.05, 0.1) is 13.3 Å². The molecule has 4 aromatic rings. The number of carbonyl (C=O) groups is 2. The fourth-order valence-corrected chi connectivity index (χ4v) is 4.72. The van der Waals surface area contributed by atoms with Crippen molar-refractivity contribution < 1.29 is 19.1 Å². The number of hydrogen-bond donors (Lipinski definition) is 2. The number of amides is 2. The number of hydrazone groups is 1. The number of piperazine rings is 1. The van der Waals surface area contributed by atoms with Crippen molar-refractivity contribution in [3.63, 3.8) is 0 Å². The smallest absolute Gasteiger partial charge is 0.271 e. The summed E-state index contributed by atoms with van der Waals surface area (Å²) in [4.78, 5) is 29.6. The molecule has 220 valence electrons. The summed E-state index contributed by atoms with van der Waals surface area (Å²) in [6.07, 6.45) is 1.56. The molecule has 2 N–H and O–H groups in total. The molecule has 43 heavy (non-hydrogen) atoms. The van der Waals surface area contributed by atoms with Crippen molar-refractivity contribution in [2.24, 2.45) is 5.10 Å². The van der Waals surface area contributed by atoms with Gasteiger partial charge in [0.1, 0.15) is 11.5 Å². The van der Waals surface area contributed by atoms with E-state index in [9.17, 15) is 9.59 Å². The van der Waals surface area contributed by atoms with Crippen LogP contribution in [0.15, 0.2) is 108 Å². The lowest BCUT2D eigenvalue weighted by molar-refractivity contribution is -0.118. The Bertz CT molecular complexity index is 1500. The number of ether oxygens (including phenoxy) is 2. The molecular formula is C34H35N5O4. The van der Waals surface area contributed by atoms with Crippen molar-refractivity contribution in [2.45, 2.75) is 6.54 Å². The quantitative estimate of drug-likeness (QED) is 0.197. The molecule has 0 bridgehead atoms. The molecule has 5 rings (SSSR count). The molecule has 9 heteroatoms. The minimum atomic E-state index is -0.276. The van der Waals surface area contributed by atoms with E-state index in [2.05, 4.69) is 49.9 Å². The van der Waals surface area contributed by atoms with E-state index < -0.39 is 0 Å². The molecule has 1 aliphatic heterocycles. The maximum Gasteiger partial charge on any atom is 0.271 e. The predicted molar refractivity (Wildman–Crippen MR) is 169 cm³/mol. The van der Waals surface area contributed by atoms with Gasteiger partial charge in [0.2, 0.25) is 0 Å². The molecule has 0 unspecified atom stereocenters. The summed E-state index contributed by atoms with van der Waals surface area (Å²) >= 11 is 0. The van der Waals surface area contributed by atoms with Gasteiger partial charge in [-0.3, -0.25) is 14.5 Å². The molecule has 0 atom stereocenters. The van der Waals surface area contributed by atoms with Crippen molar-refractivity contribution in [1.82, 2.24) is 10.3 Å². The Morgan fingerprint density at radius 3 is 2.16 bits per heavy atom. The van der Waals surface area contributed by atoms with Gasteiger partial charge in [0, 0.05) is 49.7 Å². The summed E-state index contributed by atoms with van der Waals surface area (Å²) in [6.45, 7) is 4.73. The first-order valence-electron chi connectivity index (χ1n) is 14.2. The van der Waals surface area contributed by atoms with Crippen molar-refractivity contribution >= 4 is 29.4 Å². The van der Waals surface area contributed by atoms with Crippen LogP contribution < -0.4 is 25.1 Å². The summed E-state index contributed by atoms with van der Waals surface area (Å²) in [5.74, 6) is 0.714. The second-order valence-corrected chi connectivity index (χ2v) is 10.1. The number of nitrogens with zero attached hydrogens (tertiary/aromatic N) is 3. The fraction of sp³-hybridized carbons (Fsp3) is 0.206. The molecule has 1 aliphatic rings. The monoisotopic (exact) mass is 577 g/mol. The van der Waals surface area contributed by atoms with Crippen LogP contribution in [0.5, 0.6) is 11.5 Å². The Morgan fingerprint density at radius 2 is 1.49 bits per heavy atom. The topological polar surface area (TPSA) is 95.5 Å². The van der Waals surface area contributed by atoms with Gasteiger partial charge in [-0.25, -0.2) is 5.43 Å². The van der Waals surface area contributed by atoms with Crippen LogP contribution in [0.2, 0.25) is 0 Å². The van der Waals surface area contributed by atoms with E-state index in [-0.39, 0.29) is 18.4 Å². The number of benzene rings is 4. The van der Waals surface area contributed by atoms with Crippen molar-refractivity contribution in [2.75, 3.05) is 50.1 Å². The SMILES string of the molecule is COc1ccc(NC(=O)COc2ccc(/C=N/NC(=O)c3ccc(CN4CCN(c5ccccc5)CC4)cc3)cc2)cc1. The van der Waals surface area contributed by atoms with Crippen LogP contribution in [-0.4, -0.2) is 62.8 Å². The highest BCUT2D eigenvalue weighted by molar-refractivity contribution is 5.95. The fourth-order valence-electron chi connectivity index (χ4n) is 4.72. The summed E-state index contributed by atoms with van der Waals surface area (Å²) in [6, 6.07) is 32.3. The van der Waals surface area contributed by atoms with Gasteiger partial charge in [-0.15, -0.1) is 0 Å². The number of carbonyl (C=O) groups excluding carboxylic acids is 2.